The molecule has 0 heterocycles. The van der Waals surface area contributed by atoms with Crippen LogP contribution in [0.1, 0.15) is 12.8 Å². The molecule has 1 aromatic carbocycles. The number of alkyl halides is 1. The lowest BCUT2D eigenvalue weighted by atomic mass is 10.3. The van der Waals surface area contributed by atoms with Crippen LogP contribution in [0.5, 0.6) is 5.75 Å². The van der Waals surface area contributed by atoms with Crippen LogP contribution in [0, 0.1) is 0 Å². The van der Waals surface area contributed by atoms with Gasteiger partial charge in [-0.15, -0.1) is 11.6 Å². The molecule has 18 heavy (non-hydrogen) atoms. The lowest BCUT2D eigenvalue weighted by Crippen LogP contribution is -2.17. The SMILES string of the molecule is COc1ccc(Br)cc1NS(=O)(=O)CCCCCl. The molecule has 1 rings (SSSR count). The van der Waals surface area contributed by atoms with Crippen molar-refractivity contribution in [3.63, 3.8) is 0 Å². The second-order valence-corrected chi connectivity index (χ2v) is 6.80. The largest absolute Gasteiger partial charge is 0.495 e. The van der Waals surface area contributed by atoms with Crippen LogP contribution in [-0.2, 0) is 10.0 Å². The molecule has 0 aliphatic carbocycles. The molecule has 1 aromatic rings. The number of benzene rings is 1. The van der Waals surface area contributed by atoms with E-state index in [9.17, 15) is 8.42 Å². The summed E-state index contributed by atoms with van der Waals surface area (Å²) >= 11 is 8.81. The lowest BCUT2D eigenvalue weighted by Gasteiger charge is -2.12. The van der Waals surface area contributed by atoms with Gasteiger partial charge in [0.15, 0.2) is 0 Å². The molecule has 0 saturated carbocycles. The molecular weight excluding hydrogens is 342 g/mol. The highest BCUT2D eigenvalue weighted by atomic mass is 79.9. The Labute approximate surface area is 121 Å². The summed E-state index contributed by atoms with van der Waals surface area (Å²) in [6, 6.07) is 5.14. The van der Waals surface area contributed by atoms with Crippen molar-refractivity contribution in [1.82, 2.24) is 0 Å². The normalized spacial score (nSPS) is 11.3. The number of nitrogens with one attached hydrogen (secondary N) is 1. The van der Waals surface area contributed by atoms with Crippen LogP contribution in [0.4, 0.5) is 5.69 Å². The fourth-order valence-corrected chi connectivity index (χ4v) is 3.10. The maximum Gasteiger partial charge on any atom is 0.232 e. The Kier molecular flexibility index (Phi) is 6.25. The zero-order valence-corrected chi connectivity index (χ0v) is 13.1. The van der Waals surface area contributed by atoms with Crippen molar-refractivity contribution in [1.29, 1.82) is 0 Å². The molecule has 0 spiro atoms. The van der Waals surface area contributed by atoms with E-state index in [0.717, 1.165) is 4.47 Å². The van der Waals surface area contributed by atoms with Crippen molar-refractivity contribution in [2.24, 2.45) is 0 Å². The van der Waals surface area contributed by atoms with Crippen LogP contribution in [0.25, 0.3) is 0 Å². The zero-order valence-electron chi connectivity index (χ0n) is 9.95. The maximum absolute atomic E-state index is 11.8. The van der Waals surface area contributed by atoms with Gasteiger partial charge in [0.25, 0.3) is 0 Å². The Morgan fingerprint density at radius 3 is 2.72 bits per heavy atom. The molecule has 0 bridgehead atoms. The number of methoxy groups -OCH3 is 1. The average Bonchev–Trinajstić information content (AvgIpc) is 2.29. The number of unbranched alkanes of at least 4 members (excludes halogenated alkanes) is 1. The van der Waals surface area contributed by atoms with Gasteiger partial charge in [0.1, 0.15) is 5.75 Å². The highest BCUT2D eigenvalue weighted by Gasteiger charge is 2.13. The summed E-state index contributed by atoms with van der Waals surface area (Å²) in [5.41, 5.74) is 0.428. The summed E-state index contributed by atoms with van der Waals surface area (Å²) in [6.45, 7) is 0. The fraction of sp³-hybridized carbons (Fsp3) is 0.455. The molecule has 0 unspecified atom stereocenters. The third kappa shape index (κ3) is 5.04. The van der Waals surface area contributed by atoms with Crippen LogP contribution in [0.3, 0.4) is 0 Å². The van der Waals surface area contributed by atoms with E-state index in [1.807, 2.05) is 0 Å². The van der Waals surface area contributed by atoms with Gasteiger partial charge in [0, 0.05) is 10.4 Å². The molecule has 0 fully saturated rings. The van der Waals surface area contributed by atoms with E-state index in [2.05, 4.69) is 20.7 Å². The number of hydrogen-bond donors (Lipinski definition) is 1. The molecule has 0 aromatic heterocycles. The third-order valence-electron chi connectivity index (χ3n) is 2.22. The van der Waals surface area contributed by atoms with E-state index >= 15 is 0 Å². The number of hydrogen-bond acceptors (Lipinski definition) is 3. The quantitative estimate of drug-likeness (QED) is 0.603. The summed E-state index contributed by atoms with van der Waals surface area (Å²) in [4.78, 5) is 0. The second kappa shape index (κ2) is 7.21. The zero-order chi connectivity index (χ0) is 13.6. The summed E-state index contributed by atoms with van der Waals surface area (Å²) in [5.74, 6) is 1.00. The molecule has 0 aliphatic heterocycles. The smallest absolute Gasteiger partial charge is 0.232 e. The van der Waals surface area contributed by atoms with Crippen molar-refractivity contribution >= 4 is 43.2 Å². The minimum Gasteiger partial charge on any atom is -0.495 e. The van der Waals surface area contributed by atoms with Crippen molar-refractivity contribution in [3.05, 3.63) is 22.7 Å². The molecule has 102 valence electrons. The highest BCUT2D eigenvalue weighted by Crippen LogP contribution is 2.28. The molecule has 0 aliphatic rings. The Balaban J connectivity index is 2.79. The number of ether oxygens (including phenoxy) is 1. The van der Waals surface area contributed by atoms with E-state index in [4.69, 9.17) is 16.3 Å². The van der Waals surface area contributed by atoms with Crippen LogP contribution in [-0.4, -0.2) is 27.2 Å². The maximum atomic E-state index is 11.8. The molecule has 7 heteroatoms. The topological polar surface area (TPSA) is 55.4 Å². The van der Waals surface area contributed by atoms with Gasteiger partial charge in [0.05, 0.1) is 18.6 Å². The monoisotopic (exact) mass is 355 g/mol. The van der Waals surface area contributed by atoms with Crippen molar-refractivity contribution in [2.45, 2.75) is 12.8 Å². The summed E-state index contributed by atoms with van der Waals surface area (Å²) in [7, 11) is -1.87. The Hall–Kier alpha value is -0.460. The van der Waals surface area contributed by atoms with Crippen molar-refractivity contribution < 1.29 is 13.2 Å². The Morgan fingerprint density at radius 1 is 1.39 bits per heavy atom. The number of rotatable bonds is 7. The van der Waals surface area contributed by atoms with Crippen LogP contribution in [0.2, 0.25) is 0 Å². The standard InChI is InChI=1S/C11H15BrClNO3S/c1-17-11-5-4-9(12)8-10(11)14-18(15,16)7-3-2-6-13/h4-5,8,14H,2-3,6-7H2,1H3. The van der Waals surface area contributed by atoms with Gasteiger partial charge in [-0.05, 0) is 31.0 Å². The first kappa shape index (κ1) is 15.6. The van der Waals surface area contributed by atoms with Crippen LogP contribution in [0.15, 0.2) is 22.7 Å². The minimum absolute atomic E-state index is 0.0510. The molecule has 1 N–H and O–H groups in total. The van der Waals surface area contributed by atoms with Gasteiger partial charge in [-0.2, -0.15) is 0 Å². The van der Waals surface area contributed by atoms with Gasteiger partial charge in [-0.3, -0.25) is 4.72 Å². The number of halogens is 2. The summed E-state index contributed by atoms with van der Waals surface area (Å²) < 4.78 is 32.1. The lowest BCUT2D eigenvalue weighted by molar-refractivity contribution is 0.417. The van der Waals surface area contributed by atoms with E-state index in [1.165, 1.54) is 7.11 Å². The van der Waals surface area contributed by atoms with Gasteiger partial charge in [-0.25, -0.2) is 8.42 Å². The molecule has 4 nitrogen and oxygen atoms in total. The van der Waals surface area contributed by atoms with Gasteiger partial charge < -0.3 is 4.74 Å². The second-order valence-electron chi connectivity index (χ2n) is 3.66. The van der Waals surface area contributed by atoms with E-state index < -0.39 is 10.0 Å². The first-order valence-corrected chi connectivity index (χ1v) is 8.36. The number of anilines is 1. The van der Waals surface area contributed by atoms with Gasteiger partial charge >= 0.3 is 0 Å². The minimum atomic E-state index is -3.37. The van der Waals surface area contributed by atoms with Gasteiger partial charge in [-0.1, -0.05) is 15.9 Å². The molecule has 0 saturated heterocycles. The molecule has 0 atom stereocenters. The van der Waals surface area contributed by atoms with E-state index in [0.29, 0.717) is 30.2 Å². The summed E-state index contributed by atoms with van der Waals surface area (Å²) in [5, 5.41) is 0. The predicted octanol–water partition coefficient (Wildman–Crippen LogP) is 3.22. The first-order valence-electron chi connectivity index (χ1n) is 5.38. The van der Waals surface area contributed by atoms with Crippen molar-refractivity contribution in [2.75, 3.05) is 23.5 Å². The van der Waals surface area contributed by atoms with Crippen LogP contribution < -0.4 is 9.46 Å². The average molecular weight is 357 g/mol. The van der Waals surface area contributed by atoms with Crippen LogP contribution >= 0.6 is 27.5 Å². The van der Waals surface area contributed by atoms with E-state index in [-0.39, 0.29) is 5.75 Å². The molecular formula is C11H15BrClNO3S. The van der Waals surface area contributed by atoms with E-state index in [1.54, 1.807) is 18.2 Å². The van der Waals surface area contributed by atoms with Crippen molar-refractivity contribution in [3.8, 4) is 5.75 Å². The summed E-state index contributed by atoms with van der Waals surface area (Å²) in [6.07, 6.45) is 1.22. The third-order valence-corrected chi connectivity index (χ3v) is 4.34. The fourth-order valence-electron chi connectivity index (χ4n) is 1.37. The highest BCUT2D eigenvalue weighted by molar-refractivity contribution is 9.10. The Morgan fingerprint density at radius 2 is 2.11 bits per heavy atom. The van der Waals surface area contributed by atoms with Gasteiger partial charge in [0.2, 0.25) is 10.0 Å². The predicted molar refractivity (Wildman–Crippen MR) is 78.1 cm³/mol. The Bertz CT molecular complexity index is 493. The number of sulfonamides is 1. The first-order chi connectivity index (χ1) is 8.48. The molecule has 0 amide bonds. The molecule has 0 radical (unpaired) electrons.